The van der Waals surface area contributed by atoms with Crippen molar-refractivity contribution >= 4 is 34.1 Å². The molecule has 1 N–H and O–H groups in total. The van der Waals surface area contributed by atoms with E-state index in [9.17, 15) is 4.79 Å². The average molecular weight is 382 g/mol. The molecule has 0 aliphatic carbocycles. The van der Waals surface area contributed by atoms with Gasteiger partial charge in [0, 0.05) is 29.5 Å². The van der Waals surface area contributed by atoms with Crippen molar-refractivity contribution in [1.82, 2.24) is 10.3 Å². The quantitative estimate of drug-likeness (QED) is 0.744. The van der Waals surface area contributed by atoms with Crippen LogP contribution in [0.3, 0.4) is 0 Å². The monoisotopic (exact) mass is 381 g/mol. The lowest BCUT2D eigenvalue weighted by molar-refractivity contribution is 0.0935. The molecule has 1 unspecified atom stereocenters. The molecule has 0 bridgehead atoms. The highest BCUT2D eigenvalue weighted by atomic mass is 35.5. The van der Waals surface area contributed by atoms with Gasteiger partial charge in [-0.25, -0.2) is 4.98 Å². The van der Waals surface area contributed by atoms with Crippen molar-refractivity contribution in [1.29, 1.82) is 0 Å². The Morgan fingerprint density at radius 3 is 2.93 bits per heavy atom. The maximum absolute atomic E-state index is 12.6. The van der Waals surface area contributed by atoms with E-state index in [1.807, 2.05) is 48.5 Å². The van der Waals surface area contributed by atoms with Crippen LogP contribution in [-0.2, 0) is 0 Å². The van der Waals surface area contributed by atoms with Crippen molar-refractivity contribution in [2.24, 2.45) is 0 Å². The fourth-order valence-corrected chi connectivity index (χ4v) is 3.63. The summed E-state index contributed by atoms with van der Waals surface area (Å²) in [4.78, 5) is 19.3. The van der Waals surface area contributed by atoms with Crippen molar-refractivity contribution in [3.8, 4) is 5.75 Å². The van der Waals surface area contributed by atoms with Gasteiger partial charge in [0.05, 0.1) is 18.3 Å². The summed E-state index contributed by atoms with van der Waals surface area (Å²) in [6.45, 7) is 1.53. The molecule has 1 aliphatic heterocycles. The molecule has 5 nitrogen and oxygen atoms in total. The molecular formula is C21H20ClN3O2. The maximum Gasteiger partial charge on any atom is 0.270 e. The number of amides is 1. The molecule has 1 saturated heterocycles. The van der Waals surface area contributed by atoms with Crippen LogP contribution in [0.2, 0.25) is 5.02 Å². The van der Waals surface area contributed by atoms with Crippen LogP contribution in [0.15, 0.2) is 54.6 Å². The number of pyridine rings is 1. The number of benzene rings is 2. The van der Waals surface area contributed by atoms with Crippen LogP contribution in [0.4, 0.5) is 5.69 Å². The molecule has 6 heteroatoms. The Morgan fingerprint density at radius 1 is 1.22 bits per heavy atom. The predicted molar refractivity (Wildman–Crippen MR) is 108 cm³/mol. The van der Waals surface area contributed by atoms with E-state index in [1.165, 1.54) is 0 Å². The molecule has 3 aromatic rings. The molecule has 138 valence electrons. The molecule has 1 atom stereocenters. The van der Waals surface area contributed by atoms with Gasteiger partial charge in [0.25, 0.3) is 5.91 Å². The first kappa shape index (κ1) is 17.6. The number of anilines is 1. The lowest BCUT2D eigenvalue weighted by atomic mass is 10.2. The summed E-state index contributed by atoms with van der Waals surface area (Å²) in [5.74, 6) is 0.633. The highest BCUT2D eigenvalue weighted by Crippen LogP contribution is 2.33. The van der Waals surface area contributed by atoms with Gasteiger partial charge >= 0.3 is 0 Å². The highest BCUT2D eigenvalue weighted by molar-refractivity contribution is 6.30. The molecule has 2 heterocycles. The molecule has 1 amide bonds. The third-order valence-electron chi connectivity index (χ3n) is 4.84. The molecule has 1 aliphatic rings. The zero-order chi connectivity index (χ0) is 18.8. The van der Waals surface area contributed by atoms with Gasteiger partial charge in [-0.3, -0.25) is 4.79 Å². The van der Waals surface area contributed by atoms with E-state index in [2.05, 4.69) is 15.2 Å². The van der Waals surface area contributed by atoms with Crippen LogP contribution in [0.25, 0.3) is 10.9 Å². The Balaban J connectivity index is 1.46. The molecule has 0 radical (unpaired) electrons. The second-order valence-electron chi connectivity index (χ2n) is 6.61. The molecule has 0 saturated carbocycles. The number of hydrogen-bond acceptors (Lipinski definition) is 4. The normalized spacial score (nSPS) is 16.5. The number of methoxy groups -OCH3 is 1. The van der Waals surface area contributed by atoms with E-state index >= 15 is 0 Å². The number of ether oxygens (including phenoxy) is 1. The van der Waals surface area contributed by atoms with Gasteiger partial charge < -0.3 is 15.0 Å². The minimum atomic E-state index is -0.148. The second kappa shape index (κ2) is 7.45. The number of aromatic nitrogens is 1. The van der Waals surface area contributed by atoms with Crippen LogP contribution >= 0.6 is 11.6 Å². The summed E-state index contributed by atoms with van der Waals surface area (Å²) in [7, 11) is 1.65. The fourth-order valence-electron chi connectivity index (χ4n) is 3.46. The number of rotatable bonds is 4. The van der Waals surface area contributed by atoms with Crippen LogP contribution in [0.5, 0.6) is 5.75 Å². The Bertz CT molecular complexity index is 992. The number of carbonyl (C=O) groups is 1. The minimum absolute atomic E-state index is 0.0504. The Labute approximate surface area is 162 Å². The Morgan fingerprint density at radius 2 is 2.07 bits per heavy atom. The first-order valence-electron chi connectivity index (χ1n) is 8.89. The van der Waals surface area contributed by atoms with Crippen LogP contribution in [-0.4, -0.2) is 37.1 Å². The van der Waals surface area contributed by atoms with Gasteiger partial charge in [0.15, 0.2) is 0 Å². The predicted octanol–water partition coefficient (Wildman–Crippen LogP) is 3.91. The van der Waals surface area contributed by atoms with Crippen molar-refractivity contribution in [3.05, 3.63) is 65.3 Å². The van der Waals surface area contributed by atoms with Crippen molar-refractivity contribution in [3.63, 3.8) is 0 Å². The standard InChI is InChI=1S/C21H20ClN3O2/c1-27-20-9-7-15(22)12-19(20)25-11-10-16(13-25)23-21(26)18-8-6-14-4-2-3-5-17(14)24-18/h2-9,12,16H,10-11,13H2,1H3,(H,23,26). The summed E-state index contributed by atoms with van der Waals surface area (Å²) in [5, 5.41) is 4.78. The maximum atomic E-state index is 12.6. The number of nitrogens with one attached hydrogen (secondary N) is 1. The Kier molecular flexibility index (Phi) is 4.86. The van der Waals surface area contributed by atoms with Crippen molar-refractivity contribution in [2.75, 3.05) is 25.1 Å². The summed E-state index contributed by atoms with van der Waals surface area (Å²) in [6.07, 6.45) is 0.856. The smallest absolute Gasteiger partial charge is 0.270 e. The third-order valence-corrected chi connectivity index (χ3v) is 5.07. The highest BCUT2D eigenvalue weighted by Gasteiger charge is 2.26. The average Bonchev–Trinajstić information content (AvgIpc) is 3.16. The molecular weight excluding hydrogens is 362 g/mol. The number of hydrogen-bond donors (Lipinski definition) is 1. The first-order chi connectivity index (χ1) is 13.1. The molecule has 2 aromatic carbocycles. The minimum Gasteiger partial charge on any atom is -0.495 e. The van der Waals surface area contributed by atoms with E-state index in [-0.39, 0.29) is 11.9 Å². The molecule has 1 fully saturated rings. The van der Waals surface area contributed by atoms with Crippen molar-refractivity contribution in [2.45, 2.75) is 12.5 Å². The van der Waals surface area contributed by atoms with Gasteiger partial charge in [-0.05, 0) is 36.8 Å². The lowest BCUT2D eigenvalue weighted by Gasteiger charge is -2.21. The van der Waals surface area contributed by atoms with E-state index in [4.69, 9.17) is 16.3 Å². The van der Waals surface area contributed by atoms with E-state index < -0.39 is 0 Å². The van der Waals surface area contributed by atoms with Crippen LogP contribution < -0.4 is 15.0 Å². The Hall–Kier alpha value is -2.79. The summed E-state index contributed by atoms with van der Waals surface area (Å²) in [6, 6.07) is 17.1. The fraction of sp³-hybridized carbons (Fsp3) is 0.238. The zero-order valence-corrected chi connectivity index (χ0v) is 15.7. The number of nitrogens with zero attached hydrogens (tertiary/aromatic N) is 2. The lowest BCUT2D eigenvalue weighted by Crippen LogP contribution is -2.37. The summed E-state index contributed by atoms with van der Waals surface area (Å²) >= 11 is 6.14. The molecule has 1 aromatic heterocycles. The van der Waals surface area contributed by atoms with E-state index in [1.54, 1.807) is 13.2 Å². The van der Waals surface area contributed by atoms with Crippen LogP contribution in [0, 0.1) is 0 Å². The van der Waals surface area contributed by atoms with Gasteiger partial charge in [-0.2, -0.15) is 0 Å². The summed E-state index contributed by atoms with van der Waals surface area (Å²) in [5.41, 5.74) is 2.21. The SMILES string of the molecule is COc1ccc(Cl)cc1N1CCC(NC(=O)c2ccc3ccccc3n2)C1. The van der Waals surface area contributed by atoms with Gasteiger partial charge in [-0.1, -0.05) is 35.9 Å². The molecule has 0 spiro atoms. The van der Waals surface area contributed by atoms with Gasteiger partial charge in [-0.15, -0.1) is 0 Å². The number of halogens is 1. The van der Waals surface area contributed by atoms with Crippen molar-refractivity contribution < 1.29 is 9.53 Å². The number of para-hydroxylation sites is 1. The van der Waals surface area contributed by atoms with E-state index in [0.717, 1.165) is 35.3 Å². The van der Waals surface area contributed by atoms with Crippen LogP contribution in [0.1, 0.15) is 16.9 Å². The first-order valence-corrected chi connectivity index (χ1v) is 9.27. The molecule has 4 rings (SSSR count). The number of fused-ring (bicyclic) bond motifs is 1. The number of carbonyl (C=O) groups excluding carboxylic acids is 1. The third kappa shape index (κ3) is 3.69. The topological polar surface area (TPSA) is 54.5 Å². The van der Waals surface area contributed by atoms with Gasteiger partial charge in [0.2, 0.25) is 0 Å². The zero-order valence-electron chi connectivity index (χ0n) is 15.0. The largest absolute Gasteiger partial charge is 0.495 e. The van der Waals surface area contributed by atoms with E-state index in [0.29, 0.717) is 17.3 Å². The van der Waals surface area contributed by atoms with Gasteiger partial charge in [0.1, 0.15) is 11.4 Å². The second-order valence-corrected chi connectivity index (χ2v) is 7.05. The molecule has 27 heavy (non-hydrogen) atoms. The summed E-state index contributed by atoms with van der Waals surface area (Å²) < 4.78 is 5.44.